The average molecular weight is 477 g/mol. The summed E-state index contributed by atoms with van der Waals surface area (Å²) in [6, 6.07) is 0. The van der Waals surface area contributed by atoms with E-state index in [1.807, 2.05) is 0 Å². The molecule has 0 amide bonds. The fourth-order valence-electron chi connectivity index (χ4n) is 0.994. The molecule has 0 unspecified atom stereocenters. The number of alkyl halides is 10. The molecular formula is C6H6Cl10OSi. The van der Waals surface area contributed by atoms with Crippen molar-refractivity contribution >= 4 is 126 Å². The van der Waals surface area contributed by atoms with Crippen LogP contribution in [0.1, 0.15) is 6.92 Å². The van der Waals surface area contributed by atoms with E-state index in [1.54, 1.807) is 0 Å². The van der Waals surface area contributed by atoms with Crippen molar-refractivity contribution in [1.82, 2.24) is 0 Å². The molecule has 0 spiro atoms. The summed E-state index contributed by atoms with van der Waals surface area (Å²) in [7, 11) is 0.0862. The summed E-state index contributed by atoms with van der Waals surface area (Å²) in [6.07, 6.45) is 0. The summed E-state index contributed by atoms with van der Waals surface area (Å²) in [5.74, 6) is 0. The van der Waals surface area contributed by atoms with E-state index in [2.05, 4.69) is 0 Å². The Morgan fingerprint density at radius 2 is 0.889 bits per heavy atom. The molecule has 18 heavy (non-hydrogen) atoms. The lowest BCUT2D eigenvalue weighted by Gasteiger charge is -2.51. The van der Waals surface area contributed by atoms with Gasteiger partial charge in [-0.3, -0.25) is 0 Å². The summed E-state index contributed by atoms with van der Waals surface area (Å²) in [4.78, 5) is 0. The predicted molar refractivity (Wildman–Crippen MR) is 88.9 cm³/mol. The molecule has 0 atom stereocenters. The molecule has 0 saturated heterocycles. The first kappa shape index (κ1) is 21.1. The highest BCUT2D eigenvalue weighted by Crippen LogP contribution is 2.63. The molecular weight excluding hydrogens is 471 g/mol. The van der Waals surface area contributed by atoms with Gasteiger partial charge in [0.2, 0.25) is 7.59 Å². The first-order chi connectivity index (χ1) is 7.56. The van der Waals surface area contributed by atoms with Crippen molar-refractivity contribution in [3.05, 3.63) is 0 Å². The Kier molecular flexibility index (Phi) is 7.37. The fraction of sp³-hybridized carbons (Fsp3) is 1.00. The highest BCUT2D eigenvalue weighted by Gasteiger charge is 2.71. The van der Waals surface area contributed by atoms with Crippen LogP contribution in [0.4, 0.5) is 0 Å². The maximum absolute atomic E-state index is 6.03. The van der Waals surface area contributed by atoms with Gasteiger partial charge in [0, 0.05) is 0 Å². The minimum absolute atomic E-state index is 0.0862. The smallest absolute Gasteiger partial charge is 0.225 e. The summed E-state index contributed by atoms with van der Waals surface area (Å²) in [5, 5.41) is 0. The zero-order valence-electron chi connectivity index (χ0n) is 8.69. The van der Waals surface area contributed by atoms with Crippen molar-refractivity contribution in [2.45, 2.75) is 28.8 Å². The standard InChI is InChI=1S/C6H6Cl10OSi/c1-2(17-18,3(7,8)5(11,12)13)4(9,10)6(14,15)16/h1,18H3. The van der Waals surface area contributed by atoms with Crippen LogP contribution in [0.2, 0.25) is 0 Å². The van der Waals surface area contributed by atoms with Gasteiger partial charge in [-0.1, -0.05) is 116 Å². The Hall–Kier alpha value is 3.08. The van der Waals surface area contributed by atoms with E-state index in [4.69, 9.17) is 120 Å². The van der Waals surface area contributed by atoms with Gasteiger partial charge in [0.05, 0.1) is 0 Å². The fourth-order valence-corrected chi connectivity index (χ4v) is 4.28. The van der Waals surface area contributed by atoms with Gasteiger partial charge in [-0.05, 0) is 6.92 Å². The maximum Gasteiger partial charge on any atom is 0.225 e. The van der Waals surface area contributed by atoms with Crippen molar-refractivity contribution in [3.63, 3.8) is 0 Å². The second-order valence-corrected chi connectivity index (χ2v) is 11.0. The van der Waals surface area contributed by atoms with Crippen LogP contribution in [0.25, 0.3) is 0 Å². The maximum atomic E-state index is 6.03. The lowest BCUT2D eigenvalue weighted by atomic mass is 9.97. The number of hydrogen-bond acceptors (Lipinski definition) is 1. The molecule has 0 radical (unpaired) electrons. The summed E-state index contributed by atoms with van der Waals surface area (Å²) >= 11 is 58.3. The molecule has 1 nitrogen and oxygen atoms in total. The minimum Gasteiger partial charge on any atom is -0.416 e. The van der Waals surface area contributed by atoms with Gasteiger partial charge in [0.25, 0.3) is 0 Å². The van der Waals surface area contributed by atoms with Crippen LogP contribution in [-0.2, 0) is 4.43 Å². The largest absolute Gasteiger partial charge is 0.416 e. The molecule has 0 aliphatic rings. The topological polar surface area (TPSA) is 9.23 Å². The number of halogens is 10. The Labute approximate surface area is 158 Å². The molecule has 0 fully saturated rings. The SMILES string of the molecule is CC(O[SiH3])(C(Cl)(Cl)C(Cl)(Cl)Cl)C(Cl)(Cl)C(Cl)(Cl)Cl. The Balaban J connectivity index is 5.96. The monoisotopic (exact) mass is 472 g/mol. The number of hydrogen-bond donors (Lipinski definition) is 0. The third-order valence-corrected chi connectivity index (χ3v) is 8.57. The van der Waals surface area contributed by atoms with E-state index >= 15 is 0 Å². The molecule has 0 aliphatic carbocycles. The van der Waals surface area contributed by atoms with E-state index < -0.39 is 21.9 Å². The molecule has 0 saturated carbocycles. The van der Waals surface area contributed by atoms with E-state index in [1.165, 1.54) is 6.92 Å². The quantitative estimate of drug-likeness (QED) is 0.405. The number of rotatable bonds is 3. The second-order valence-electron chi connectivity index (χ2n) is 3.38. The average Bonchev–Trinajstić information content (AvgIpc) is 2.12. The van der Waals surface area contributed by atoms with Gasteiger partial charge in [0.1, 0.15) is 16.1 Å². The predicted octanol–water partition coefficient (Wildman–Crippen LogP) is 5.13. The van der Waals surface area contributed by atoms with Crippen LogP contribution in [0.3, 0.4) is 0 Å². The van der Waals surface area contributed by atoms with Gasteiger partial charge in [-0.15, -0.1) is 0 Å². The Morgan fingerprint density at radius 1 is 0.667 bits per heavy atom. The van der Waals surface area contributed by atoms with E-state index in [9.17, 15) is 0 Å². The third kappa shape index (κ3) is 3.52. The van der Waals surface area contributed by atoms with Gasteiger partial charge < -0.3 is 4.43 Å². The van der Waals surface area contributed by atoms with Crippen LogP contribution in [0, 0.1) is 0 Å². The molecule has 0 bridgehead atoms. The van der Waals surface area contributed by atoms with Crippen molar-refractivity contribution < 1.29 is 4.43 Å². The Bertz CT molecular complexity index is 278. The lowest BCUT2D eigenvalue weighted by Crippen LogP contribution is -2.66. The van der Waals surface area contributed by atoms with Gasteiger partial charge in [-0.25, -0.2) is 0 Å². The summed E-state index contributed by atoms with van der Waals surface area (Å²) in [6.45, 7) is 1.28. The summed E-state index contributed by atoms with van der Waals surface area (Å²) < 4.78 is -3.53. The van der Waals surface area contributed by atoms with Crippen LogP contribution >= 0.6 is 116 Å². The van der Waals surface area contributed by atoms with Crippen LogP contribution in [-0.4, -0.2) is 32.3 Å². The van der Waals surface area contributed by atoms with Gasteiger partial charge in [-0.2, -0.15) is 0 Å². The molecule has 0 heterocycles. The molecule has 0 rings (SSSR count). The highest BCUT2D eigenvalue weighted by molar-refractivity contribution is 6.78. The molecule has 0 N–H and O–H groups in total. The van der Waals surface area contributed by atoms with Crippen LogP contribution in [0.5, 0.6) is 0 Å². The van der Waals surface area contributed by atoms with Crippen LogP contribution < -0.4 is 0 Å². The van der Waals surface area contributed by atoms with Crippen molar-refractivity contribution in [3.8, 4) is 0 Å². The third-order valence-electron chi connectivity index (χ3n) is 2.32. The van der Waals surface area contributed by atoms with Crippen molar-refractivity contribution in [2.75, 3.05) is 0 Å². The molecule has 0 aromatic rings. The second kappa shape index (κ2) is 6.29. The Morgan fingerprint density at radius 3 is 1.00 bits per heavy atom. The molecule has 0 aromatic carbocycles. The molecule has 0 aliphatic heterocycles. The lowest BCUT2D eigenvalue weighted by molar-refractivity contribution is 0.0642. The van der Waals surface area contributed by atoms with Crippen molar-refractivity contribution in [2.24, 2.45) is 0 Å². The first-order valence-corrected chi connectivity index (χ1v) is 8.60. The normalized spacial score (nSPS) is 16.2. The van der Waals surface area contributed by atoms with E-state index in [-0.39, 0.29) is 10.5 Å². The highest BCUT2D eigenvalue weighted by atomic mass is 35.6. The van der Waals surface area contributed by atoms with Crippen molar-refractivity contribution in [1.29, 1.82) is 0 Å². The first-order valence-electron chi connectivity index (χ1n) is 4.00. The van der Waals surface area contributed by atoms with Gasteiger partial charge >= 0.3 is 0 Å². The molecule has 0 aromatic heterocycles. The molecule has 12 heteroatoms. The van der Waals surface area contributed by atoms with E-state index in [0.717, 1.165) is 0 Å². The zero-order chi connectivity index (χ0) is 15.2. The van der Waals surface area contributed by atoms with Crippen LogP contribution in [0.15, 0.2) is 0 Å². The van der Waals surface area contributed by atoms with Gasteiger partial charge in [0.15, 0.2) is 8.67 Å². The molecule has 110 valence electrons. The minimum atomic E-state index is -2.19. The van der Waals surface area contributed by atoms with E-state index in [0.29, 0.717) is 0 Å². The zero-order valence-corrected chi connectivity index (χ0v) is 18.2. The summed E-state index contributed by atoms with van der Waals surface area (Å²) in [5.41, 5.74) is -1.87.